The number of hydrogen-bond acceptors (Lipinski definition) is 1. The maximum absolute atomic E-state index is 2.84. The van der Waals surface area contributed by atoms with Crippen molar-refractivity contribution in [3.8, 4) is 0 Å². The second-order valence-electron chi connectivity index (χ2n) is 9.50. The Hall–Kier alpha value is -0.300. The molecule has 0 unspecified atom stereocenters. The van der Waals surface area contributed by atoms with Crippen molar-refractivity contribution in [2.24, 2.45) is 35.0 Å². The van der Waals surface area contributed by atoms with Crippen LogP contribution in [0, 0.1) is 35.0 Å². The molecule has 0 aromatic heterocycles. The molecule has 5 atom stereocenters. The van der Waals surface area contributed by atoms with Crippen molar-refractivity contribution in [3.63, 3.8) is 0 Å². The summed E-state index contributed by atoms with van der Waals surface area (Å²) in [5.41, 5.74) is 4.47. The van der Waals surface area contributed by atoms with Crippen LogP contribution in [0.5, 0.6) is 0 Å². The van der Waals surface area contributed by atoms with Crippen LogP contribution in [0.3, 0.4) is 0 Å². The molecule has 1 spiro atoms. The number of hydrogen-bond donors (Lipinski definition) is 0. The molecule has 2 saturated carbocycles. The molecular formula is C21H35N. The molecule has 1 saturated heterocycles. The summed E-state index contributed by atoms with van der Waals surface area (Å²) in [7, 11) is 0. The summed E-state index contributed by atoms with van der Waals surface area (Å²) < 4.78 is 0. The van der Waals surface area contributed by atoms with E-state index in [0.717, 1.165) is 41.7 Å². The van der Waals surface area contributed by atoms with Crippen LogP contribution >= 0.6 is 0 Å². The molecule has 0 N–H and O–H groups in total. The van der Waals surface area contributed by atoms with Gasteiger partial charge in [-0.1, -0.05) is 38.8 Å². The largest absolute Gasteiger partial charge is 0.298 e. The van der Waals surface area contributed by atoms with Gasteiger partial charge in [-0.25, -0.2) is 0 Å². The summed E-state index contributed by atoms with van der Waals surface area (Å²) in [5.74, 6) is 4.52. The van der Waals surface area contributed by atoms with Gasteiger partial charge in [0.15, 0.2) is 0 Å². The monoisotopic (exact) mass is 301 g/mol. The van der Waals surface area contributed by atoms with Crippen LogP contribution in [0.2, 0.25) is 0 Å². The molecule has 1 nitrogen and oxygen atoms in total. The van der Waals surface area contributed by atoms with Crippen LogP contribution in [-0.4, -0.2) is 23.5 Å². The highest BCUT2D eigenvalue weighted by Gasteiger charge is 2.68. The van der Waals surface area contributed by atoms with E-state index in [0.29, 0.717) is 5.41 Å². The average molecular weight is 302 g/mol. The standard InChI is InChI=1S/C21H35N/c1-12(2)19-15-11-17(15)21(20(19)13(3)4)9-10-22(14(5)6)18-8-7-16(18)21/h12-18H,7-11H2,1-6H3/t15-,16+,17+,18-,21+/m0/s1. The lowest BCUT2D eigenvalue weighted by molar-refractivity contribution is -0.0851. The minimum absolute atomic E-state index is 0.618. The van der Waals surface area contributed by atoms with Gasteiger partial charge >= 0.3 is 0 Å². The first kappa shape index (κ1) is 15.2. The van der Waals surface area contributed by atoms with Crippen molar-refractivity contribution in [2.75, 3.05) is 6.54 Å². The Bertz CT molecular complexity index is 500. The molecule has 4 rings (SSSR count). The third kappa shape index (κ3) is 1.75. The lowest BCUT2D eigenvalue weighted by Crippen LogP contribution is -2.62. The topological polar surface area (TPSA) is 3.24 Å². The predicted octanol–water partition coefficient (Wildman–Crippen LogP) is 5.12. The molecule has 1 aliphatic heterocycles. The SMILES string of the molecule is CC(C)C1=C(C(C)C)[C@@]2(CCN(C(C)C)[C@H]3CC[C@H]32)[C@@H]2C[C@H]12. The highest BCUT2D eigenvalue weighted by Crippen LogP contribution is 2.74. The van der Waals surface area contributed by atoms with Crippen molar-refractivity contribution in [3.05, 3.63) is 11.1 Å². The van der Waals surface area contributed by atoms with Gasteiger partial charge < -0.3 is 0 Å². The third-order valence-corrected chi connectivity index (χ3v) is 7.64. The van der Waals surface area contributed by atoms with Crippen LogP contribution < -0.4 is 0 Å². The van der Waals surface area contributed by atoms with Gasteiger partial charge in [0.1, 0.15) is 0 Å². The summed E-state index contributed by atoms with van der Waals surface area (Å²) in [6.07, 6.45) is 5.94. The van der Waals surface area contributed by atoms with Gasteiger partial charge in [-0.2, -0.15) is 0 Å². The van der Waals surface area contributed by atoms with E-state index < -0.39 is 0 Å². The van der Waals surface area contributed by atoms with E-state index in [9.17, 15) is 0 Å². The second kappa shape index (κ2) is 4.85. The molecule has 4 aliphatic rings. The molecule has 0 bridgehead atoms. The van der Waals surface area contributed by atoms with E-state index in [4.69, 9.17) is 0 Å². The van der Waals surface area contributed by atoms with Gasteiger partial charge in [0.05, 0.1) is 0 Å². The number of fused-ring (bicyclic) bond motifs is 4. The van der Waals surface area contributed by atoms with Crippen LogP contribution in [-0.2, 0) is 0 Å². The van der Waals surface area contributed by atoms with Gasteiger partial charge in [-0.15, -0.1) is 0 Å². The van der Waals surface area contributed by atoms with Gasteiger partial charge in [0.25, 0.3) is 0 Å². The fraction of sp³-hybridized carbons (Fsp3) is 0.905. The quantitative estimate of drug-likeness (QED) is 0.654. The predicted molar refractivity (Wildman–Crippen MR) is 93.7 cm³/mol. The fourth-order valence-electron chi connectivity index (χ4n) is 6.97. The van der Waals surface area contributed by atoms with E-state index >= 15 is 0 Å². The zero-order valence-corrected chi connectivity index (χ0v) is 15.5. The van der Waals surface area contributed by atoms with E-state index in [1.165, 1.54) is 32.2 Å². The molecule has 124 valence electrons. The zero-order valence-electron chi connectivity index (χ0n) is 15.5. The normalized spacial score (nSPS) is 44.0. The number of allylic oxidation sites excluding steroid dienone is 2. The summed E-state index contributed by atoms with van der Waals surface area (Å²) in [5, 5.41) is 0. The number of likely N-dealkylation sites (tertiary alicyclic amines) is 1. The van der Waals surface area contributed by atoms with Crippen LogP contribution in [0.1, 0.15) is 67.2 Å². The molecular weight excluding hydrogens is 266 g/mol. The lowest BCUT2D eigenvalue weighted by atomic mass is 9.52. The Labute approximate surface area is 137 Å². The van der Waals surface area contributed by atoms with Crippen LogP contribution in [0.15, 0.2) is 11.1 Å². The fourth-order valence-corrected chi connectivity index (χ4v) is 6.97. The molecule has 0 radical (unpaired) electrons. The first-order valence-electron chi connectivity index (χ1n) is 9.89. The molecule has 22 heavy (non-hydrogen) atoms. The van der Waals surface area contributed by atoms with Crippen molar-refractivity contribution >= 4 is 0 Å². The summed E-state index contributed by atoms with van der Waals surface area (Å²) >= 11 is 0. The van der Waals surface area contributed by atoms with Crippen molar-refractivity contribution < 1.29 is 0 Å². The molecule has 3 aliphatic carbocycles. The Balaban J connectivity index is 1.75. The molecule has 0 aromatic carbocycles. The Morgan fingerprint density at radius 2 is 1.68 bits per heavy atom. The lowest BCUT2D eigenvalue weighted by Gasteiger charge is -2.61. The van der Waals surface area contributed by atoms with E-state index in [1.807, 2.05) is 11.1 Å². The smallest absolute Gasteiger partial charge is 0.0135 e. The number of rotatable bonds is 3. The molecule has 0 amide bonds. The maximum Gasteiger partial charge on any atom is 0.0135 e. The minimum Gasteiger partial charge on any atom is -0.298 e. The maximum atomic E-state index is 2.84. The zero-order chi connectivity index (χ0) is 15.8. The minimum atomic E-state index is 0.618. The average Bonchev–Trinajstić information content (AvgIpc) is 3.11. The second-order valence-corrected chi connectivity index (χ2v) is 9.50. The number of nitrogens with zero attached hydrogens (tertiary/aromatic N) is 1. The summed E-state index contributed by atoms with van der Waals surface area (Å²) in [6, 6.07) is 1.63. The molecule has 3 fully saturated rings. The van der Waals surface area contributed by atoms with Crippen LogP contribution in [0.4, 0.5) is 0 Å². The highest BCUT2D eigenvalue weighted by molar-refractivity contribution is 5.43. The third-order valence-electron chi connectivity index (χ3n) is 7.64. The number of piperidine rings is 1. The van der Waals surface area contributed by atoms with E-state index in [2.05, 4.69) is 46.4 Å². The Morgan fingerprint density at radius 3 is 2.18 bits per heavy atom. The van der Waals surface area contributed by atoms with Gasteiger partial charge in [-0.05, 0) is 75.7 Å². The molecule has 0 aromatic rings. The first-order chi connectivity index (χ1) is 10.4. The van der Waals surface area contributed by atoms with Gasteiger partial charge in [0, 0.05) is 17.5 Å². The summed E-state index contributed by atoms with van der Waals surface area (Å²) in [4.78, 5) is 2.84. The molecule has 1 heteroatoms. The van der Waals surface area contributed by atoms with Gasteiger partial charge in [0.2, 0.25) is 0 Å². The Morgan fingerprint density at radius 1 is 0.955 bits per heavy atom. The first-order valence-corrected chi connectivity index (χ1v) is 9.89. The van der Waals surface area contributed by atoms with Gasteiger partial charge in [-0.3, -0.25) is 4.90 Å². The molecule has 1 heterocycles. The van der Waals surface area contributed by atoms with E-state index in [1.54, 1.807) is 0 Å². The highest BCUT2D eigenvalue weighted by atomic mass is 15.2. The summed E-state index contributed by atoms with van der Waals surface area (Å²) in [6.45, 7) is 16.0. The van der Waals surface area contributed by atoms with Crippen molar-refractivity contribution in [1.82, 2.24) is 4.90 Å². The van der Waals surface area contributed by atoms with E-state index in [-0.39, 0.29) is 0 Å². The van der Waals surface area contributed by atoms with Crippen molar-refractivity contribution in [2.45, 2.75) is 79.3 Å². The Kier molecular flexibility index (Phi) is 3.36. The van der Waals surface area contributed by atoms with Crippen molar-refractivity contribution in [1.29, 1.82) is 0 Å². The van der Waals surface area contributed by atoms with Crippen LogP contribution in [0.25, 0.3) is 0 Å².